The van der Waals surface area contributed by atoms with Crippen molar-refractivity contribution in [3.05, 3.63) is 77.5 Å². The number of fused-ring (bicyclic) bond motifs is 2. The third-order valence-corrected chi connectivity index (χ3v) is 6.88. The predicted molar refractivity (Wildman–Crippen MR) is 112 cm³/mol. The number of nitrogens with zero attached hydrogens (tertiary/aromatic N) is 1. The highest BCUT2D eigenvalue weighted by atomic mass is 32.2. The summed E-state index contributed by atoms with van der Waals surface area (Å²) in [6, 6.07) is 16.3. The van der Waals surface area contributed by atoms with Crippen LogP contribution in [0.1, 0.15) is 16.7 Å². The Hall–Kier alpha value is -3.19. The van der Waals surface area contributed by atoms with E-state index in [0.717, 1.165) is 16.7 Å². The average Bonchev–Trinajstić information content (AvgIpc) is 3.28. The normalized spacial score (nSPS) is 21.3. The third-order valence-electron chi connectivity index (χ3n) is 5.84. The van der Waals surface area contributed by atoms with Gasteiger partial charge in [-0.3, -0.25) is 14.5 Å². The standard InChI is InChI=1S/C23H20N2O4S/c1-14-7-9-17(10-8-14)29-30(28)21-18-12-20-19(11-15(18)13-24-21)22(26)25(23(20)27)16-5-3-2-4-6-16/h2-10,13,19-20,24H,11-12H2,1H3. The Kier molecular flexibility index (Phi) is 4.55. The zero-order chi connectivity index (χ0) is 20.8. The first kappa shape index (κ1) is 18.8. The van der Waals surface area contributed by atoms with Crippen LogP contribution in [0.15, 0.2) is 65.8 Å². The first-order valence-electron chi connectivity index (χ1n) is 9.81. The molecule has 1 aromatic heterocycles. The number of rotatable bonds is 4. The maximum atomic E-state index is 13.1. The summed E-state index contributed by atoms with van der Waals surface area (Å²) in [5.74, 6) is -0.685. The Morgan fingerprint density at radius 1 is 0.967 bits per heavy atom. The van der Waals surface area contributed by atoms with Gasteiger partial charge in [-0.1, -0.05) is 35.9 Å². The van der Waals surface area contributed by atoms with Gasteiger partial charge < -0.3 is 9.17 Å². The zero-order valence-corrected chi connectivity index (χ0v) is 17.1. The van der Waals surface area contributed by atoms with Gasteiger partial charge in [0.1, 0.15) is 10.8 Å². The largest absolute Gasteiger partial charge is 0.396 e. The van der Waals surface area contributed by atoms with E-state index in [1.165, 1.54) is 4.90 Å². The highest BCUT2D eigenvalue weighted by molar-refractivity contribution is 7.80. The van der Waals surface area contributed by atoms with Crippen LogP contribution < -0.4 is 9.08 Å². The maximum Gasteiger partial charge on any atom is 0.258 e. The Bertz CT molecular complexity index is 1150. The molecule has 1 aliphatic carbocycles. The van der Waals surface area contributed by atoms with Gasteiger partial charge in [0.2, 0.25) is 11.8 Å². The second kappa shape index (κ2) is 7.25. The molecule has 30 heavy (non-hydrogen) atoms. The van der Waals surface area contributed by atoms with Crippen LogP contribution in [0.3, 0.4) is 0 Å². The number of hydrogen-bond acceptors (Lipinski definition) is 4. The van der Waals surface area contributed by atoms with E-state index in [4.69, 9.17) is 4.18 Å². The van der Waals surface area contributed by atoms with Crippen LogP contribution in [0, 0.1) is 18.8 Å². The summed E-state index contributed by atoms with van der Waals surface area (Å²) in [6.45, 7) is 1.97. The minimum atomic E-state index is -1.74. The van der Waals surface area contributed by atoms with E-state index in [1.807, 2.05) is 37.3 Å². The number of anilines is 1. The van der Waals surface area contributed by atoms with Gasteiger partial charge in [0.05, 0.1) is 17.5 Å². The maximum absolute atomic E-state index is 13.1. The lowest BCUT2D eigenvalue weighted by molar-refractivity contribution is -0.122. The molecule has 0 radical (unpaired) electrons. The van der Waals surface area contributed by atoms with E-state index in [2.05, 4.69) is 4.98 Å². The van der Waals surface area contributed by atoms with Gasteiger partial charge in [0.15, 0.2) is 0 Å². The van der Waals surface area contributed by atoms with Gasteiger partial charge in [0.25, 0.3) is 11.1 Å². The van der Waals surface area contributed by atoms with Crippen LogP contribution in [0.5, 0.6) is 5.75 Å². The van der Waals surface area contributed by atoms with Crippen LogP contribution in [0.4, 0.5) is 5.69 Å². The molecule has 3 aromatic rings. The summed E-state index contributed by atoms with van der Waals surface area (Å²) in [6.07, 6.45) is 2.60. The number of hydrogen-bond donors (Lipinski definition) is 1. The molecule has 3 unspecified atom stereocenters. The topological polar surface area (TPSA) is 79.5 Å². The van der Waals surface area contributed by atoms with Crippen LogP contribution >= 0.6 is 0 Å². The van der Waals surface area contributed by atoms with Crippen molar-refractivity contribution in [2.75, 3.05) is 4.90 Å². The number of amides is 2. The lowest BCUT2D eigenvalue weighted by Gasteiger charge is -2.21. The molecular formula is C23H20N2O4S. The molecule has 6 nitrogen and oxygen atoms in total. The molecule has 7 heteroatoms. The summed E-state index contributed by atoms with van der Waals surface area (Å²) in [5, 5.41) is 0.461. The van der Waals surface area contributed by atoms with Crippen molar-refractivity contribution >= 4 is 28.6 Å². The van der Waals surface area contributed by atoms with Crippen molar-refractivity contribution in [1.82, 2.24) is 4.98 Å². The van der Waals surface area contributed by atoms with Crippen molar-refractivity contribution in [3.63, 3.8) is 0 Å². The van der Waals surface area contributed by atoms with E-state index >= 15 is 0 Å². The molecule has 1 aliphatic heterocycles. The summed E-state index contributed by atoms with van der Waals surface area (Å²) in [5.41, 5.74) is 3.42. The molecule has 0 spiro atoms. The molecule has 3 atom stereocenters. The van der Waals surface area contributed by atoms with E-state index in [9.17, 15) is 13.8 Å². The highest BCUT2D eigenvalue weighted by Crippen LogP contribution is 2.41. The smallest absolute Gasteiger partial charge is 0.258 e. The zero-order valence-electron chi connectivity index (χ0n) is 16.3. The van der Waals surface area contributed by atoms with E-state index in [0.29, 0.717) is 29.3 Å². The molecule has 2 aromatic carbocycles. The molecule has 2 amide bonds. The molecule has 2 aliphatic rings. The summed E-state index contributed by atoms with van der Waals surface area (Å²) >= 11 is -1.74. The molecule has 0 saturated carbocycles. The van der Waals surface area contributed by atoms with Gasteiger partial charge in [0, 0.05) is 6.20 Å². The van der Waals surface area contributed by atoms with Crippen molar-refractivity contribution in [2.24, 2.45) is 11.8 Å². The molecule has 2 heterocycles. The van der Waals surface area contributed by atoms with Gasteiger partial charge in [-0.15, -0.1) is 0 Å². The monoisotopic (exact) mass is 420 g/mol. The summed E-state index contributed by atoms with van der Waals surface area (Å²) < 4.78 is 18.5. The lowest BCUT2D eigenvalue weighted by atomic mass is 9.79. The molecule has 1 fully saturated rings. The Morgan fingerprint density at radius 2 is 1.63 bits per heavy atom. The second-order valence-corrected chi connectivity index (χ2v) is 8.77. The number of aromatic nitrogens is 1. The van der Waals surface area contributed by atoms with Gasteiger partial charge in [-0.05, 0) is 55.2 Å². The molecule has 0 bridgehead atoms. The first-order chi connectivity index (χ1) is 14.5. The van der Waals surface area contributed by atoms with E-state index in [1.54, 1.807) is 30.5 Å². The van der Waals surface area contributed by atoms with Gasteiger partial charge in [-0.25, -0.2) is 4.21 Å². The van der Waals surface area contributed by atoms with E-state index < -0.39 is 17.0 Å². The highest BCUT2D eigenvalue weighted by Gasteiger charge is 2.51. The Morgan fingerprint density at radius 3 is 2.33 bits per heavy atom. The number of imide groups is 1. The molecule has 1 saturated heterocycles. The number of H-pyrrole nitrogens is 1. The van der Waals surface area contributed by atoms with E-state index in [-0.39, 0.29) is 17.7 Å². The van der Waals surface area contributed by atoms with Gasteiger partial charge in [-0.2, -0.15) is 0 Å². The average molecular weight is 420 g/mol. The fourth-order valence-corrected chi connectivity index (χ4v) is 5.22. The first-order valence-corrected chi connectivity index (χ1v) is 10.9. The Balaban J connectivity index is 1.41. The number of aromatic amines is 1. The number of carbonyl (C=O) groups is 2. The number of para-hydroxylation sites is 1. The SMILES string of the molecule is Cc1ccc(OS(=O)c2[nH]cc3c2CC2C(=O)N(c4ccccc4)C(=O)C2C3)cc1. The fourth-order valence-electron chi connectivity index (χ4n) is 4.28. The van der Waals surface area contributed by atoms with Crippen LogP contribution in [-0.2, 0) is 33.5 Å². The number of aryl methyl sites for hydroxylation is 1. The van der Waals surface area contributed by atoms with Crippen molar-refractivity contribution in [2.45, 2.75) is 24.8 Å². The molecule has 152 valence electrons. The number of nitrogens with one attached hydrogen (secondary N) is 1. The minimum Gasteiger partial charge on any atom is -0.396 e. The van der Waals surface area contributed by atoms with Gasteiger partial charge >= 0.3 is 0 Å². The number of benzene rings is 2. The Labute approximate surface area is 176 Å². The fraction of sp³-hybridized carbons (Fsp3) is 0.217. The number of carbonyl (C=O) groups excluding carboxylic acids is 2. The lowest BCUT2D eigenvalue weighted by Crippen LogP contribution is -2.31. The van der Waals surface area contributed by atoms with Crippen LogP contribution in [0.2, 0.25) is 0 Å². The summed E-state index contributed by atoms with van der Waals surface area (Å²) in [7, 11) is 0. The van der Waals surface area contributed by atoms with Crippen LogP contribution in [-0.4, -0.2) is 21.0 Å². The van der Waals surface area contributed by atoms with Crippen molar-refractivity contribution in [3.8, 4) is 5.75 Å². The quantitative estimate of drug-likeness (QED) is 0.657. The molecular weight excluding hydrogens is 400 g/mol. The van der Waals surface area contributed by atoms with Crippen LogP contribution in [0.25, 0.3) is 0 Å². The summed E-state index contributed by atoms with van der Waals surface area (Å²) in [4.78, 5) is 30.4. The molecule has 5 rings (SSSR count). The third kappa shape index (κ3) is 3.06. The minimum absolute atomic E-state index is 0.165. The van der Waals surface area contributed by atoms with Crippen molar-refractivity contribution in [1.29, 1.82) is 0 Å². The van der Waals surface area contributed by atoms with Crippen molar-refractivity contribution < 1.29 is 18.0 Å². The molecule has 1 N–H and O–H groups in total. The predicted octanol–water partition coefficient (Wildman–Crippen LogP) is 3.33. The second-order valence-electron chi connectivity index (χ2n) is 7.72.